The van der Waals surface area contributed by atoms with Crippen molar-refractivity contribution in [1.29, 1.82) is 0 Å². The summed E-state index contributed by atoms with van der Waals surface area (Å²) >= 11 is 17.2. The number of hydrogen-bond donors (Lipinski definition) is 2. The van der Waals surface area contributed by atoms with Gasteiger partial charge in [-0.2, -0.15) is 0 Å². The molecular weight excluding hydrogens is 359 g/mol. The number of rotatable bonds is 12. The maximum absolute atomic E-state index is 5.97. The highest BCUT2D eigenvalue weighted by atomic mass is 35.5. The summed E-state index contributed by atoms with van der Waals surface area (Å²) in [5, 5.41) is 8.15. The lowest BCUT2D eigenvalue weighted by Crippen LogP contribution is -2.29. The van der Waals surface area contributed by atoms with Gasteiger partial charge in [0.25, 0.3) is 0 Å². The Kier molecular flexibility index (Phi) is 12.3. The van der Waals surface area contributed by atoms with Crippen LogP contribution in [0, 0.1) is 0 Å². The number of anilines is 1. The van der Waals surface area contributed by atoms with Crippen LogP contribution in [0.4, 0.5) is 5.69 Å². The number of unbranched alkanes of at least 4 members (excludes halogenated alkanes) is 9. The second kappa shape index (κ2) is 13.7. The van der Waals surface area contributed by atoms with Gasteiger partial charge in [-0.15, -0.1) is 0 Å². The van der Waals surface area contributed by atoms with E-state index in [1.54, 1.807) is 6.07 Å². The molecule has 0 radical (unpaired) electrons. The molecule has 0 bridgehead atoms. The fraction of sp³-hybridized carbons (Fsp3) is 0.632. The molecule has 0 aliphatic carbocycles. The molecule has 0 saturated carbocycles. The summed E-state index contributed by atoms with van der Waals surface area (Å²) in [4.78, 5) is 0. The van der Waals surface area contributed by atoms with Crippen LogP contribution in [-0.2, 0) is 0 Å². The van der Waals surface area contributed by atoms with Crippen LogP contribution in [0.1, 0.15) is 71.1 Å². The molecule has 0 spiro atoms. The zero-order chi connectivity index (χ0) is 17.6. The molecule has 0 amide bonds. The van der Waals surface area contributed by atoms with E-state index in [1.807, 2.05) is 12.1 Å². The van der Waals surface area contributed by atoms with E-state index in [9.17, 15) is 0 Å². The first kappa shape index (κ1) is 21.5. The minimum absolute atomic E-state index is 0.600. The summed E-state index contributed by atoms with van der Waals surface area (Å²) in [6.07, 6.45) is 13.4. The molecule has 1 aromatic rings. The van der Waals surface area contributed by atoms with E-state index in [1.165, 1.54) is 57.8 Å². The Morgan fingerprint density at radius 1 is 0.833 bits per heavy atom. The average molecular weight is 389 g/mol. The van der Waals surface area contributed by atoms with Crippen molar-refractivity contribution < 1.29 is 0 Å². The zero-order valence-electron chi connectivity index (χ0n) is 14.7. The van der Waals surface area contributed by atoms with Gasteiger partial charge in [-0.25, -0.2) is 0 Å². The lowest BCUT2D eigenvalue weighted by atomic mass is 10.1. The summed E-state index contributed by atoms with van der Waals surface area (Å²) in [5.41, 5.74) is 0.813. The number of hydrogen-bond acceptors (Lipinski definition) is 1. The normalized spacial score (nSPS) is 10.6. The predicted octanol–water partition coefficient (Wildman–Crippen LogP) is 7.20. The number of nitrogens with one attached hydrogen (secondary N) is 2. The van der Waals surface area contributed by atoms with Gasteiger partial charge >= 0.3 is 0 Å². The predicted molar refractivity (Wildman–Crippen MR) is 113 cm³/mol. The van der Waals surface area contributed by atoms with Crippen LogP contribution >= 0.6 is 35.4 Å². The Labute approximate surface area is 162 Å². The van der Waals surface area contributed by atoms with Crippen LogP contribution in [0.2, 0.25) is 10.0 Å². The van der Waals surface area contributed by atoms with Gasteiger partial charge in [-0.3, -0.25) is 0 Å². The molecule has 1 aromatic carbocycles. The van der Waals surface area contributed by atoms with Crippen molar-refractivity contribution >= 4 is 46.2 Å². The highest BCUT2D eigenvalue weighted by Gasteiger charge is 2.01. The maximum Gasteiger partial charge on any atom is 0.170 e. The first-order valence-electron chi connectivity index (χ1n) is 9.12. The Morgan fingerprint density at radius 3 is 1.88 bits per heavy atom. The molecule has 0 saturated heterocycles. The minimum atomic E-state index is 0.600. The van der Waals surface area contributed by atoms with E-state index in [0.29, 0.717) is 15.2 Å². The number of benzene rings is 1. The van der Waals surface area contributed by atoms with E-state index in [2.05, 4.69) is 17.6 Å². The van der Waals surface area contributed by atoms with Crippen molar-refractivity contribution in [2.45, 2.75) is 71.1 Å². The second-order valence-electron chi connectivity index (χ2n) is 6.22. The lowest BCUT2D eigenvalue weighted by molar-refractivity contribution is 0.555. The van der Waals surface area contributed by atoms with E-state index < -0.39 is 0 Å². The van der Waals surface area contributed by atoms with Gasteiger partial charge < -0.3 is 10.6 Å². The quantitative estimate of drug-likeness (QED) is 0.292. The number of halogens is 2. The number of thiocarbonyl (C=S) groups is 1. The maximum atomic E-state index is 5.97. The smallest absolute Gasteiger partial charge is 0.170 e. The van der Waals surface area contributed by atoms with E-state index in [4.69, 9.17) is 35.4 Å². The molecule has 0 fully saturated rings. The molecule has 0 aliphatic heterocycles. The fourth-order valence-electron chi connectivity index (χ4n) is 2.62. The van der Waals surface area contributed by atoms with Crippen LogP contribution < -0.4 is 10.6 Å². The average Bonchev–Trinajstić information content (AvgIpc) is 2.51. The minimum Gasteiger partial charge on any atom is -0.362 e. The molecular formula is C19H30Cl2N2S. The SMILES string of the molecule is CCCCCCCCCCCCNC(=S)Nc1cc(Cl)cc(Cl)c1. The van der Waals surface area contributed by atoms with Gasteiger partial charge in [0.1, 0.15) is 0 Å². The first-order valence-corrected chi connectivity index (χ1v) is 10.3. The van der Waals surface area contributed by atoms with Crippen LogP contribution in [0.15, 0.2) is 18.2 Å². The van der Waals surface area contributed by atoms with Crippen molar-refractivity contribution in [2.75, 3.05) is 11.9 Å². The van der Waals surface area contributed by atoms with Crippen molar-refractivity contribution in [3.8, 4) is 0 Å². The Balaban J connectivity index is 1.98. The van der Waals surface area contributed by atoms with Gasteiger partial charge in [0, 0.05) is 22.3 Å². The third-order valence-electron chi connectivity index (χ3n) is 3.94. The molecule has 0 aliphatic rings. The molecule has 0 heterocycles. The fourth-order valence-corrected chi connectivity index (χ4v) is 3.36. The molecule has 2 N–H and O–H groups in total. The third-order valence-corrected chi connectivity index (χ3v) is 4.62. The second-order valence-corrected chi connectivity index (χ2v) is 7.50. The summed E-state index contributed by atoms with van der Waals surface area (Å²) in [5.74, 6) is 0. The third kappa shape index (κ3) is 11.1. The molecule has 24 heavy (non-hydrogen) atoms. The van der Waals surface area contributed by atoms with Crippen LogP contribution in [0.3, 0.4) is 0 Å². The lowest BCUT2D eigenvalue weighted by Gasteiger charge is -2.11. The van der Waals surface area contributed by atoms with Gasteiger partial charge in [0.15, 0.2) is 5.11 Å². The Hall–Kier alpha value is -0.510. The van der Waals surface area contributed by atoms with E-state index in [0.717, 1.165) is 18.7 Å². The Bertz CT molecular complexity index is 460. The molecule has 0 unspecified atom stereocenters. The highest BCUT2D eigenvalue weighted by Crippen LogP contribution is 2.22. The molecule has 0 atom stereocenters. The highest BCUT2D eigenvalue weighted by molar-refractivity contribution is 7.80. The van der Waals surface area contributed by atoms with Crippen LogP contribution in [0.5, 0.6) is 0 Å². The zero-order valence-corrected chi connectivity index (χ0v) is 17.0. The van der Waals surface area contributed by atoms with Gasteiger partial charge in [-0.05, 0) is 36.8 Å². The summed E-state index contributed by atoms with van der Waals surface area (Å²) < 4.78 is 0. The van der Waals surface area contributed by atoms with Crippen molar-refractivity contribution in [3.63, 3.8) is 0 Å². The van der Waals surface area contributed by atoms with Crippen molar-refractivity contribution in [2.24, 2.45) is 0 Å². The molecule has 2 nitrogen and oxygen atoms in total. The molecule has 5 heteroatoms. The summed E-state index contributed by atoms with van der Waals surface area (Å²) in [6, 6.07) is 5.32. The van der Waals surface area contributed by atoms with E-state index >= 15 is 0 Å². The topological polar surface area (TPSA) is 24.1 Å². The molecule has 0 aromatic heterocycles. The van der Waals surface area contributed by atoms with Gasteiger partial charge in [0.2, 0.25) is 0 Å². The standard InChI is InChI=1S/C19H30Cl2N2S/c1-2-3-4-5-6-7-8-9-10-11-12-22-19(24)23-18-14-16(20)13-17(21)15-18/h13-15H,2-12H2,1H3,(H2,22,23,24). The van der Waals surface area contributed by atoms with Crippen molar-refractivity contribution in [1.82, 2.24) is 5.32 Å². The first-order chi connectivity index (χ1) is 11.6. The van der Waals surface area contributed by atoms with Gasteiger partial charge in [-0.1, -0.05) is 87.9 Å². The summed E-state index contributed by atoms with van der Waals surface area (Å²) in [6.45, 7) is 3.16. The van der Waals surface area contributed by atoms with Crippen LogP contribution in [0.25, 0.3) is 0 Å². The van der Waals surface area contributed by atoms with E-state index in [-0.39, 0.29) is 0 Å². The van der Waals surface area contributed by atoms with Crippen molar-refractivity contribution in [3.05, 3.63) is 28.2 Å². The van der Waals surface area contributed by atoms with Gasteiger partial charge in [0.05, 0.1) is 0 Å². The van der Waals surface area contributed by atoms with Crippen LogP contribution in [-0.4, -0.2) is 11.7 Å². The largest absolute Gasteiger partial charge is 0.362 e. The Morgan fingerprint density at radius 2 is 1.33 bits per heavy atom. The molecule has 1 rings (SSSR count). The monoisotopic (exact) mass is 388 g/mol. The summed E-state index contributed by atoms with van der Waals surface area (Å²) in [7, 11) is 0. The molecule has 136 valence electrons.